The van der Waals surface area contributed by atoms with Crippen LogP contribution >= 0.6 is 0 Å². The summed E-state index contributed by atoms with van der Waals surface area (Å²) in [5.41, 5.74) is -0.768. The fourth-order valence-corrected chi connectivity index (χ4v) is 3.44. The van der Waals surface area contributed by atoms with Crippen LogP contribution in [0.5, 0.6) is 0 Å². The van der Waals surface area contributed by atoms with Crippen LogP contribution in [0.25, 0.3) is 0 Å². The van der Waals surface area contributed by atoms with E-state index in [-0.39, 0.29) is 30.1 Å². The first-order chi connectivity index (χ1) is 11.8. The quantitative estimate of drug-likeness (QED) is 0.780. The van der Waals surface area contributed by atoms with E-state index in [4.69, 9.17) is 0 Å². The van der Waals surface area contributed by atoms with Crippen LogP contribution in [0.3, 0.4) is 0 Å². The van der Waals surface area contributed by atoms with Gasteiger partial charge in [0, 0.05) is 17.8 Å². The second kappa shape index (κ2) is 7.03. The molecule has 0 aromatic heterocycles. The minimum atomic E-state index is -4.47. The number of carbonyl (C=O) groups is 2. The number of nitrogens with one attached hydrogen (secondary N) is 3. The van der Waals surface area contributed by atoms with Crippen LogP contribution < -0.4 is 16.0 Å². The molecule has 3 atom stereocenters. The molecule has 2 amide bonds. The number of hydrogen-bond acceptors (Lipinski definition) is 3. The summed E-state index contributed by atoms with van der Waals surface area (Å²) in [7, 11) is 0. The topological polar surface area (TPSA) is 70.2 Å². The van der Waals surface area contributed by atoms with Gasteiger partial charge in [-0.1, -0.05) is 18.9 Å². The van der Waals surface area contributed by atoms with Crippen molar-refractivity contribution in [1.29, 1.82) is 0 Å². The predicted octanol–water partition coefficient (Wildman–Crippen LogP) is 2.43. The Hall–Kier alpha value is -2.09. The van der Waals surface area contributed by atoms with Crippen molar-refractivity contribution in [3.8, 4) is 0 Å². The van der Waals surface area contributed by atoms with Crippen molar-refractivity contribution < 1.29 is 22.8 Å². The Morgan fingerprint density at radius 2 is 1.92 bits per heavy atom. The Morgan fingerprint density at radius 1 is 1.20 bits per heavy atom. The smallest absolute Gasteiger partial charge is 0.350 e. The summed E-state index contributed by atoms with van der Waals surface area (Å²) >= 11 is 0. The summed E-state index contributed by atoms with van der Waals surface area (Å²) < 4.78 is 38.1. The predicted molar refractivity (Wildman–Crippen MR) is 85.8 cm³/mol. The molecule has 1 saturated heterocycles. The largest absolute Gasteiger partial charge is 0.416 e. The van der Waals surface area contributed by atoms with E-state index in [2.05, 4.69) is 16.0 Å². The van der Waals surface area contributed by atoms with Crippen molar-refractivity contribution in [2.75, 3.05) is 5.32 Å². The van der Waals surface area contributed by atoms with Gasteiger partial charge in [0.15, 0.2) is 0 Å². The number of carbonyl (C=O) groups excluding carboxylic acids is 2. The molecule has 0 bridgehead atoms. The van der Waals surface area contributed by atoms with Crippen LogP contribution in [-0.4, -0.2) is 29.9 Å². The van der Waals surface area contributed by atoms with Crippen LogP contribution in [-0.2, 0) is 15.8 Å². The van der Waals surface area contributed by atoms with Gasteiger partial charge in [0.25, 0.3) is 0 Å². The Labute approximate surface area is 143 Å². The Bertz CT molecular complexity index is 663. The fraction of sp³-hybridized carbons (Fsp3) is 0.529. The van der Waals surface area contributed by atoms with Gasteiger partial charge in [0.2, 0.25) is 11.8 Å². The SMILES string of the molecule is O=C(C[C@@H]1N[C@H]2CCCC[C@@H]2NC1=O)Nc1cccc(C(F)(F)F)c1. The minimum absolute atomic E-state index is 0.0617. The highest BCUT2D eigenvalue weighted by molar-refractivity contribution is 5.95. The van der Waals surface area contributed by atoms with Crippen molar-refractivity contribution in [2.24, 2.45) is 0 Å². The maximum Gasteiger partial charge on any atom is 0.416 e. The average Bonchev–Trinajstić information content (AvgIpc) is 2.55. The van der Waals surface area contributed by atoms with E-state index in [1.165, 1.54) is 12.1 Å². The van der Waals surface area contributed by atoms with Gasteiger partial charge in [-0.05, 0) is 31.0 Å². The van der Waals surface area contributed by atoms with Crippen molar-refractivity contribution >= 4 is 17.5 Å². The first-order valence-corrected chi connectivity index (χ1v) is 8.36. The molecule has 8 heteroatoms. The van der Waals surface area contributed by atoms with Crippen molar-refractivity contribution in [2.45, 2.75) is 56.4 Å². The molecule has 1 aromatic carbocycles. The van der Waals surface area contributed by atoms with Crippen LogP contribution in [0.15, 0.2) is 24.3 Å². The number of alkyl halides is 3. The highest BCUT2D eigenvalue weighted by Gasteiger charge is 2.37. The van der Waals surface area contributed by atoms with E-state index < -0.39 is 23.7 Å². The number of benzene rings is 1. The van der Waals surface area contributed by atoms with Gasteiger partial charge in [0.1, 0.15) is 0 Å². The summed E-state index contributed by atoms with van der Waals surface area (Å²) in [6.45, 7) is 0. The lowest BCUT2D eigenvalue weighted by Gasteiger charge is -2.40. The van der Waals surface area contributed by atoms with E-state index in [1.54, 1.807) is 0 Å². The minimum Gasteiger partial charge on any atom is -0.350 e. The zero-order chi connectivity index (χ0) is 18.0. The zero-order valence-corrected chi connectivity index (χ0v) is 13.5. The lowest BCUT2D eigenvalue weighted by atomic mass is 9.87. The number of hydrogen-bond donors (Lipinski definition) is 3. The lowest BCUT2D eigenvalue weighted by Crippen LogP contribution is -2.65. The normalized spacial score (nSPS) is 26.5. The molecule has 0 spiro atoms. The summed E-state index contributed by atoms with van der Waals surface area (Å²) in [6.07, 6.45) is -0.576. The summed E-state index contributed by atoms with van der Waals surface area (Å²) in [5.74, 6) is -0.733. The summed E-state index contributed by atoms with van der Waals surface area (Å²) in [5, 5.41) is 8.58. The highest BCUT2D eigenvalue weighted by atomic mass is 19.4. The third kappa shape index (κ3) is 4.31. The van der Waals surface area contributed by atoms with Gasteiger partial charge in [-0.25, -0.2) is 0 Å². The van der Waals surface area contributed by atoms with Crippen LogP contribution in [0.1, 0.15) is 37.7 Å². The van der Waals surface area contributed by atoms with Crippen molar-refractivity contribution in [3.63, 3.8) is 0 Å². The standard InChI is InChI=1S/C17H20F3N3O2/c18-17(19,20)10-4-3-5-11(8-10)21-15(24)9-14-16(25)23-13-7-2-1-6-12(13)22-14/h3-5,8,12-14,22H,1-2,6-7,9H2,(H,21,24)(H,23,25)/t12-,13-,14-/m0/s1. The second-order valence-electron chi connectivity index (χ2n) is 6.56. The molecule has 1 aromatic rings. The van der Waals surface area contributed by atoms with Gasteiger partial charge in [0.05, 0.1) is 18.0 Å². The van der Waals surface area contributed by atoms with Gasteiger partial charge in [-0.2, -0.15) is 13.2 Å². The molecule has 2 fully saturated rings. The van der Waals surface area contributed by atoms with Gasteiger partial charge in [-0.3, -0.25) is 9.59 Å². The highest BCUT2D eigenvalue weighted by Crippen LogP contribution is 2.30. The number of piperazine rings is 1. The zero-order valence-electron chi connectivity index (χ0n) is 13.5. The number of fused-ring (bicyclic) bond motifs is 1. The first kappa shape index (κ1) is 17.7. The number of anilines is 1. The molecule has 25 heavy (non-hydrogen) atoms. The Kier molecular flexibility index (Phi) is 4.99. The molecule has 1 saturated carbocycles. The van der Waals surface area contributed by atoms with E-state index in [0.29, 0.717) is 0 Å². The first-order valence-electron chi connectivity index (χ1n) is 8.36. The van der Waals surface area contributed by atoms with Crippen molar-refractivity contribution in [1.82, 2.24) is 10.6 Å². The van der Waals surface area contributed by atoms with Crippen LogP contribution in [0.4, 0.5) is 18.9 Å². The van der Waals surface area contributed by atoms with Crippen molar-refractivity contribution in [3.05, 3.63) is 29.8 Å². The molecule has 0 unspecified atom stereocenters. The summed E-state index contributed by atoms with van der Waals surface area (Å²) in [4.78, 5) is 24.3. The molecular formula is C17H20F3N3O2. The monoisotopic (exact) mass is 355 g/mol. The molecule has 1 heterocycles. The molecule has 5 nitrogen and oxygen atoms in total. The molecule has 2 aliphatic rings. The molecule has 136 valence electrons. The Morgan fingerprint density at radius 3 is 2.64 bits per heavy atom. The molecule has 3 rings (SSSR count). The van der Waals surface area contributed by atoms with Crippen LogP contribution in [0.2, 0.25) is 0 Å². The molecule has 1 aliphatic heterocycles. The van der Waals surface area contributed by atoms with Crippen LogP contribution in [0, 0.1) is 0 Å². The maximum atomic E-state index is 12.7. The molecule has 0 radical (unpaired) electrons. The molecule has 1 aliphatic carbocycles. The third-order valence-corrected chi connectivity index (χ3v) is 4.69. The lowest BCUT2D eigenvalue weighted by molar-refractivity contribution is -0.137. The fourth-order valence-electron chi connectivity index (χ4n) is 3.44. The summed E-state index contributed by atoms with van der Waals surface area (Å²) in [6, 6.07) is 4.03. The maximum absolute atomic E-state index is 12.7. The van der Waals surface area contributed by atoms with E-state index in [1.807, 2.05) is 0 Å². The third-order valence-electron chi connectivity index (χ3n) is 4.69. The average molecular weight is 355 g/mol. The van der Waals surface area contributed by atoms with Gasteiger partial charge >= 0.3 is 6.18 Å². The number of rotatable bonds is 3. The molecule has 3 N–H and O–H groups in total. The number of halogens is 3. The van der Waals surface area contributed by atoms with E-state index in [9.17, 15) is 22.8 Å². The molecular weight excluding hydrogens is 335 g/mol. The number of amides is 2. The van der Waals surface area contributed by atoms with Gasteiger partial charge in [-0.15, -0.1) is 0 Å². The van der Waals surface area contributed by atoms with E-state index in [0.717, 1.165) is 37.8 Å². The Balaban J connectivity index is 1.60. The second-order valence-corrected chi connectivity index (χ2v) is 6.56. The van der Waals surface area contributed by atoms with Gasteiger partial charge < -0.3 is 16.0 Å². The van der Waals surface area contributed by atoms with E-state index >= 15 is 0 Å².